The molecule has 0 spiro atoms. The Hall–Kier alpha value is -2.80. The van der Waals surface area contributed by atoms with Crippen LogP contribution in [0.2, 0.25) is 0 Å². The number of sulfone groups is 1. The minimum atomic E-state index is -4.52. The fourth-order valence-electron chi connectivity index (χ4n) is 4.18. The Morgan fingerprint density at radius 3 is 2.43 bits per heavy atom. The Kier molecular flexibility index (Phi) is 7.27. The van der Waals surface area contributed by atoms with Gasteiger partial charge in [-0.05, 0) is 25.0 Å². The van der Waals surface area contributed by atoms with E-state index in [1.807, 2.05) is 4.90 Å². The zero-order valence-electron chi connectivity index (χ0n) is 19.3. The molecule has 13 heteroatoms. The number of piperazine rings is 1. The van der Waals surface area contributed by atoms with E-state index in [-0.39, 0.29) is 36.1 Å². The number of anilines is 1. The van der Waals surface area contributed by atoms with Gasteiger partial charge in [0.05, 0.1) is 17.1 Å². The molecule has 4 rings (SSSR count). The predicted octanol–water partition coefficient (Wildman–Crippen LogP) is 2.69. The molecule has 0 saturated carbocycles. The highest BCUT2D eigenvalue weighted by Crippen LogP contribution is 2.35. The van der Waals surface area contributed by atoms with Crippen LogP contribution in [0.5, 0.6) is 5.75 Å². The average Bonchev–Trinajstić information content (AvgIpc) is 3.30. The van der Waals surface area contributed by atoms with Gasteiger partial charge in [0.25, 0.3) is 0 Å². The van der Waals surface area contributed by atoms with Gasteiger partial charge in [-0.3, -0.25) is 4.90 Å². The number of hydrogen-bond donors (Lipinski definition) is 1. The monoisotopic (exact) mass is 515 g/mol. The number of rotatable bonds is 5. The summed E-state index contributed by atoms with van der Waals surface area (Å²) in [7, 11) is -1.40. The van der Waals surface area contributed by atoms with Gasteiger partial charge in [-0.25, -0.2) is 13.2 Å². The Morgan fingerprint density at radius 1 is 1.14 bits per heavy atom. The molecule has 0 aliphatic carbocycles. The van der Waals surface area contributed by atoms with Crippen molar-refractivity contribution in [2.75, 3.05) is 50.0 Å². The number of halogens is 3. The van der Waals surface area contributed by atoms with Crippen LogP contribution in [-0.4, -0.2) is 84.9 Å². The first kappa shape index (κ1) is 25.3. The summed E-state index contributed by atoms with van der Waals surface area (Å²) < 4.78 is 70.6. The number of benzene rings is 1. The molecule has 2 aliphatic rings. The van der Waals surface area contributed by atoms with Gasteiger partial charge in [-0.1, -0.05) is 6.07 Å². The van der Waals surface area contributed by atoms with E-state index in [4.69, 9.17) is 4.74 Å². The fourth-order valence-corrected chi connectivity index (χ4v) is 5.63. The number of ether oxygens (including phenoxy) is 1. The maximum absolute atomic E-state index is 13.3. The maximum atomic E-state index is 13.3. The zero-order chi connectivity index (χ0) is 25.2. The van der Waals surface area contributed by atoms with Crippen molar-refractivity contribution in [3.63, 3.8) is 0 Å². The third-order valence-corrected chi connectivity index (χ3v) is 7.98. The van der Waals surface area contributed by atoms with Gasteiger partial charge in [0, 0.05) is 57.6 Å². The molecule has 1 N–H and O–H groups in total. The molecule has 2 aliphatic heterocycles. The van der Waals surface area contributed by atoms with E-state index >= 15 is 0 Å². The van der Waals surface area contributed by atoms with Crippen molar-refractivity contribution >= 4 is 21.7 Å². The van der Waals surface area contributed by atoms with Crippen molar-refractivity contribution in [1.82, 2.24) is 19.6 Å². The number of amides is 1. The molecule has 0 atom stereocenters. The van der Waals surface area contributed by atoms with Gasteiger partial charge in [0.15, 0.2) is 9.84 Å². The molecule has 1 aromatic carbocycles. The van der Waals surface area contributed by atoms with Gasteiger partial charge in [0.2, 0.25) is 0 Å². The van der Waals surface area contributed by atoms with Crippen molar-refractivity contribution in [3.05, 3.63) is 41.6 Å². The highest BCUT2D eigenvalue weighted by molar-refractivity contribution is 7.91. The predicted molar refractivity (Wildman–Crippen MR) is 123 cm³/mol. The van der Waals surface area contributed by atoms with Crippen molar-refractivity contribution in [2.24, 2.45) is 0 Å². The van der Waals surface area contributed by atoms with Crippen LogP contribution >= 0.6 is 0 Å². The van der Waals surface area contributed by atoms with Crippen LogP contribution in [0, 0.1) is 0 Å². The summed E-state index contributed by atoms with van der Waals surface area (Å²) in [4.78, 5) is 16.4. The third kappa shape index (κ3) is 6.26. The molecule has 3 heterocycles. The SMILES string of the molecule is CNc1ccn(C(=O)N2CCN(Cc3ccc(C(F)(F)F)cc3OC3CCS(=O)(=O)CC3)CC2)n1. The van der Waals surface area contributed by atoms with E-state index in [2.05, 4.69) is 10.4 Å². The van der Waals surface area contributed by atoms with E-state index in [1.54, 1.807) is 24.2 Å². The number of aromatic nitrogens is 2. The van der Waals surface area contributed by atoms with Crippen LogP contribution < -0.4 is 10.1 Å². The molecule has 0 radical (unpaired) electrons. The lowest BCUT2D eigenvalue weighted by Gasteiger charge is -2.35. The second kappa shape index (κ2) is 10.1. The van der Waals surface area contributed by atoms with Crippen LogP contribution in [0.3, 0.4) is 0 Å². The second-order valence-corrected chi connectivity index (χ2v) is 11.0. The van der Waals surface area contributed by atoms with E-state index in [1.165, 1.54) is 10.7 Å². The molecule has 192 valence electrons. The van der Waals surface area contributed by atoms with Gasteiger partial charge in [0.1, 0.15) is 17.7 Å². The normalized spacial score (nSPS) is 19.5. The van der Waals surface area contributed by atoms with Gasteiger partial charge >= 0.3 is 12.2 Å². The molecule has 1 amide bonds. The Bertz CT molecular complexity index is 1150. The average molecular weight is 516 g/mol. The molecule has 1 aromatic heterocycles. The third-order valence-electron chi connectivity index (χ3n) is 6.27. The molecule has 2 fully saturated rings. The highest BCUT2D eigenvalue weighted by Gasteiger charge is 2.33. The summed E-state index contributed by atoms with van der Waals surface area (Å²) in [5.41, 5.74) is -0.216. The smallest absolute Gasteiger partial charge is 0.416 e. The number of alkyl halides is 3. The fraction of sp³-hybridized carbons (Fsp3) is 0.545. The lowest BCUT2D eigenvalue weighted by atomic mass is 10.1. The molecular formula is C22H28F3N5O4S. The number of carbonyl (C=O) groups is 1. The van der Waals surface area contributed by atoms with Crippen LogP contribution in [0.1, 0.15) is 24.0 Å². The van der Waals surface area contributed by atoms with Crippen LogP contribution in [0.15, 0.2) is 30.5 Å². The first-order valence-corrected chi connectivity index (χ1v) is 13.2. The quantitative estimate of drug-likeness (QED) is 0.654. The van der Waals surface area contributed by atoms with E-state index in [0.29, 0.717) is 44.1 Å². The summed E-state index contributed by atoms with van der Waals surface area (Å²) in [6.07, 6.45) is -2.88. The standard InChI is InChI=1S/C22H28F3N5O4S/c1-26-20-4-7-30(27-20)21(31)29-10-8-28(9-11-29)15-16-2-3-17(22(23,24)25)14-19(16)34-18-5-12-35(32,33)13-6-18/h2-4,7,14,18H,5-6,8-13,15H2,1H3,(H,26,27). The molecule has 0 unspecified atom stereocenters. The van der Waals surface area contributed by atoms with Gasteiger partial charge in [-0.2, -0.15) is 17.9 Å². The summed E-state index contributed by atoms with van der Waals surface area (Å²) in [6, 6.07) is 4.90. The van der Waals surface area contributed by atoms with Crippen LogP contribution in [0.25, 0.3) is 0 Å². The number of carbonyl (C=O) groups excluding carboxylic acids is 1. The van der Waals surface area contributed by atoms with Gasteiger partial charge < -0.3 is 15.0 Å². The molecular weight excluding hydrogens is 487 g/mol. The first-order chi connectivity index (χ1) is 16.5. The number of nitrogens with one attached hydrogen (secondary N) is 1. The van der Waals surface area contributed by atoms with E-state index in [0.717, 1.165) is 12.1 Å². The molecule has 2 saturated heterocycles. The Labute approximate surface area is 201 Å². The summed E-state index contributed by atoms with van der Waals surface area (Å²) >= 11 is 0. The topological polar surface area (TPSA) is 96.8 Å². The van der Waals surface area contributed by atoms with Crippen molar-refractivity contribution in [2.45, 2.75) is 31.7 Å². The lowest BCUT2D eigenvalue weighted by Crippen LogP contribution is -2.49. The molecule has 0 bridgehead atoms. The van der Waals surface area contributed by atoms with Crippen molar-refractivity contribution in [1.29, 1.82) is 0 Å². The maximum Gasteiger partial charge on any atom is 0.416 e. The summed E-state index contributed by atoms with van der Waals surface area (Å²) in [5, 5.41) is 7.02. The highest BCUT2D eigenvalue weighted by atomic mass is 32.2. The second-order valence-electron chi connectivity index (χ2n) is 8.73. The van der Waals surface area contributed by atoms with E-state index in [9.17, 15) is 26.4 Å². The summed E-state index contributed by atoms with van der Waals surface area (Å²) in [5.74, 6) is 0.642. The molecule has 9 nitrogen and oxygen atoms in total. The number of hydrogen-bond acceptors (Lipinski definition) is 7. The minimum absolute atomic E-state index is 0.0337. The van der Waals surface area contributed by atoms with E-state index < -0.39 is 27.7 Å². The minimum Gasteiger partial charge on any atom is -0.490 e. The van der Waals surface area contributed by atoms with Gasteiger partial charge in [-0.15, -0.1) is 5.10 Å². The summed E-state index contributed by atoms with van der Waals surface area (Å²) in [6.45, 7) is 2.32. The zero-order valence-corrected chi connectivity index (χ0v) is 20.1. The largest absolute Gasteiger partial charge is 0.490 e. The Morgan fingerprint density at radius 2 is 1.83 bits per heavy atom. The van der Waals surface area contributed by atoms with Crippen LogP contribution in [0.4, 0.5) is 23.8 Å². The lowest BCUT2D eigenvalue weighted by molar-refractivity contribution is -0.137. The van der Waals surface area contributed by atoms with Crippen molar-refractivity contribution < 1.29 is 31.1 Å². The first-order valence-electron chi connectivity index (χ1n) is 11.4. The molecule has 2 aromatic rings. The van der Waals surface area contributed by atoms with Crippen LogP contribution in [-0.2, 0) is 22.6 Å². The number of nitrogens with zero attached hydrogens (tertiary/aromatic N) is 4. The van der Waals surface area contributed by atoms with Crippen molar-refractivity contribution in [3.8, 4) is 5.75 Å². The molecule has 35 heavy (non-hydrogen) atoms. The Balaban J connectivity index is 1.42.